The molecule has 0 unspecified atom stereocenters. The minimum absolute atomic E-state index is 0.578. The van der Waals surface area contributed by atoms with E-state index in [1.165, 1.54) is 25.7 Å². The molecule has 2 aromatic rings. The molecule has 2 N–H and O–H groups in total. The summed E-state index contributed by atoms with van der Waals surface area (Å²) >= 11 is 6.03. The topological polar surface area (TPSA) is 40.2 Å². The highest BCUT2D eigenvalue weighted by molar-refractivity contribution is 6.30. The molecule has 0 radical (unpaired) electrons. The second-order valence-electron chi connectivity index (χ2n) is 6.32. The van der Waals surface area contributed by atoms with Crippen molar-refractivity contribution in [1.82, 2.24) is 10.3 Å². The molecule has 24 heavy (non-hydrogen) atoms. The lowest BCUT2D eigenvalue weighted by Crippen LogP contribution is -2.20. The zero-order chi connectivity index (χ0) is 16.4. The van der Waals surface area contributed by atoms with Crippen LogP contribution in [0.15, 0.2) is 65.6 Å². The van der Waals surface area contributed by atoms with E-state index in [-0.39, 0.29) is 0 Å². The van der Waals surface area contributed by atoms with Gasteiger partial charge in [0.1, 0.15) is 0 Å². The van der Waals surface area contributed by atoms with E-state index in [0.29, 0.717) is 6.04 Å². The first-order chi connectivity index (χ1) is 11.8. The van der Waals surface area contributed by atoms with E-state index in [0.717, 1.165) is 33.3 Å². The first-order valence-electron chi connectivity index (χ1n) is 8.46. The van der Waals surface area contributed by atoms with E-state index in [1.807, 2.05) is 42.6 Å². The first-order valence-corrected chi connectivity index (χ1v) is 8.84. The van der Waals surface area contributed by atoms with Crippen molar-refractivity contribution in [3.8, 4) is 0 Å². The molecular weight excluding hydrogens is 318 g/mol. The largest absolute Gasteiger partial charge is 0.386 e. The van der Waals surface area contributed by atoms with E-state index >= 15 is 0 Å². The summed E-state index contributed by atoms with van der Waals surface area (Å²) in [5, 5.41) is 4.30. The lowest BCUT2D eigenvalue weighted by atomic mass is 10.0. The zero-order valence-corrected chi connectivity index (χ0v) is 14.2. The Kier molecular flexibility index (Phi) is 4.26. The molecule has 1 aromatic carbocycles. The highest BCUT2D eigenvalue weighted by Crippen LogP contribution is 2.31. The Morgan fingerprint density at radius 2 is 1.92 bits per heavy atom. The van der Waals surface area contributed by atoms with Gasteiger partial charge in [-0.25, -0.2) is 4.99 Å². The van der Waals surface area contributed by atoms with Gasteiger partial charge in [0, 0.05) is 29.0 Å². The van der Waals surface area contributed by atoms with Gasteiger partial charge in [0.25, 0.3) is 0 Å². The maximum atomic E-state index is 6.03. The summed E-state index contributed by atoms with van der Waals surface area (Å²) in [7, 11) is 0. The molecule has 0 atom stereocenters. The zero-order valence-electron chi connectivity index (χ0n) is 13.4. The van der Waals surface area contributed by atoms with Crippen molar-refractivity contribution >= 4 is 22.9 Å². The van der Waals surface area contributed by atoms with Gasteiger partial charge in [0.05, 0.1) is 17.1 Å². The molecule has 2 aliphatic rings. The van der Waals surface area contributed by atoms with Gasteiger partial charge in [0.2, 0.25) is 0 Å². The predicted octanol–water partition coefficient (Wildman–Crippen LogP) is 4.93. The van der Waals surface area contributed by atoms with Crippen LogP contribution in [0.4, 0.5) is 0 Å². The molecule has 0 spiro atoms. The van der Waals surface area contributed by atoms with E-state index in [9.17, 15) is 0 Å². The van der Waals surface area contributed by atoms with Crippen LogP contribution in [0.3, 0.4) is 0 Å². The second kappa shape index (κ2) is 6.70. The van der Waals surface area contributed by atoms with Crippen LogP contribution in [0.1, 0.15) is 36.9 Å². The van der Waals surface area contributed by atoms with E-state index in [2.05, 4.69) is 22.6 Å². The molecule has 0 bridgehead atoms. The Balaban J connectivity index is 1.66. The van der Waals surface area contributed by atoms with Gasteiger partial charge in [-0.05, 0) is 48.7 Å². The number of benzene rings is 1. The van der Waals surface area contributed by atoms with Gasteiger partial charge in [-0.1, -0.05) is 36.6 Å². The van der Waals surface area contributed by atoms with E-state index < -0.39 is 0 Å². The summed E-state index contributed by atoms with van der Waals surface area (Å²) in [4.78, 5) is 8.06. The quantitative estimate of drug-likeness (QED) is 0.816. The number of aromatic amines is 1. The minimum atomic E-state index is 0.578. The van der Waals surface area contributed by atoms with E-state index in [1.54, 1.807) is 0 Å². The molecule has 3 nitrogen and oxygen atoms in total. The number of aromatic nitrogens is 1. The summed E-state index contributed by atoms with van der Waals surface area (Å²) in [6, 6.07) is 12.6. The molecule has 4 heteroatoms. The Morgan fingerprint density at radius 1 is 1.12 bits per heavy atom. The van der Waals surface area contributed by atoms with Crippen LogP contribution < -0.4 is 5.32 Å². The first kappa shape index (κ1) is 15.3. The normalized spacial score (nSPS) is 19.6. The van der Waals surface area contributed by atoms with Crippen molar-refractivity contribution in [3.63, 3.8) is 0 Å². The number of aliphatic imine (C=N–C) groups is 1. The fraction of sp³-hybridized carbons (Fsp3) is 0.250. The van der Waals surface area contributed by atoms with Crippen molar-refractivity contribution in [2.24, 2.45) is 4.99 Å². The number of allylic oxidation sites excluding steroid dienone is 2. The summed E-state index contributed by atoms with van der Waals surface area (Å²) in [5.74, 6) is 0. The molecule has 1 aromatic heterocycles. The van der Waals surface area contributed by atoms with Crippen LogP contribution in [-0.4, -0.2) is 16.7 Å². The van der Waals surface area contributed by atoms with Gasteiger partial charge < -0.3 is 10.3 Å². The summed E-state index contributed by atoms with van der Waals surface area (Å²) in [5.41, 5.74) is 5.23. The Morgan fingerprint density at radius 3 is 2.62 bits per heavy atom. The van der Waals surface area contributed by atoms with Crippen molar-refractivity contribution in [2.75, 3.05) is 0 Å². The van der Waals surface area contributed by atoms with Crippen molar-refractivity contribution < 1.29 is 0 Å². The molecule has 1 saturated carbocycles. The standard InChI is InChI=1S/C20H20ClN3/c21-15-9-7-14(8-10-15)17-12-19(18-6-3-11-22-18)24-20(17)13-23-16-4-1-2-5-16/h3,6-13,16,22-23H,1-2,4-5H2. The predicted molar refractivity (Wildman–Crippen MR) is 100 cm³/mol. The SMILES string of the molecule is Clc1ccc(C2=CC(c3ccc[nH]3)=NC2=CNC2CCCC2)cc1. The smallest absolute Gasteiger partial charge is 0.0879 e. The molecule has 122 valence electrons. The van der Waals surface area contributed by atoms with Gasteiger partial charge in [-0.2, -0.15) is 0 Å². The monoisotopic (exact) mass is 337 g/mol. The van der Waals surface area contributed by atoms with Crippen molar-refractivity contribution in [2.45, 2.75) is 31.7 Å². The molecular formula is C20H20ClN3. The fourth-order valence-electron chi connectivity index (χ4n) is 3.32. The molecule has 1 aliphatic carbocycles. The maximum absolute atomic E-state index is 6.03. The number of nitrogens with zero attached hydrogens (tertiary/aromatic N) is 1. The Bertz CT molecular complexity index is 792. The van der Waals surface area contributed by atoms with Gasteiger partial charge in [0.15, 0.2) is 0 Å². The average Bonchev–Trinajstić information content (AvgIpc) is 3.34. The minimum Gasteiger partial charge on any atom is -0.386 e. The van der Waals surface area contributed by atoms with Crippen LogP contribution in [0.2, 0.25) is 5.02 Å². The Hall–Kier alpha value is -2.26. The van der Waals surface area contributed by atoms with Crippen LogP contribution in [0, 0.1) is 0 Å². The molecule has 1 fully saturated rings. The molecule has 0 saturated heterocycles. The Labute approximate surface area is 147 Å². The third kappa shape index (κ3) is 3.17. The number of hydrogen-bond donors (Lipinski definition) is 2. The summed E-state index contributed by atoms with van der Waals surface area (Å²) < 4.78 is 0. The summed E-state index contributed by atoms with van der Waals surface area (Å²) in [6.07, 6.45) is 11.3. The number of halogens is 1. The maximum Gasteiger partial charge on any atom is 0.0879 e. The molecule has 0 amide bonds. The van der Waals surface area contributed by atoms with E-state index in [4.69, 9.17) is 16.6 Å². The lowest BCUT2D eigenvalue weighted by molar-refractivity contribution is 0.606. The van der Waals surface area contributed by atoms with Crippen LogP contribution >= 0.6 is 11.6 Å². The van der Waals surface area contributed by atoms with Crippen LogP contribution in [0.5, 0.6) is 0 Å². The average molecular weight is 338 g/mol. The highest BCUT2D eigenvalue weighted by Gasteiger charge is 2.19. The lowest BCUT2D eigenvalue weighted by Gasteiger charge is -2.10. The number of H-pyrrole nitrogens is 1. The number of hydrogen-bond acceptors (Lipinski definition) is 2. The second-order valence-corrected chi connectivity index (χ2v) is 6.76. The van der Waals surface area contributed by atoms with Crippen LogP contribution in [-0.2, 0) is 0 Å². The third-order valence-corrected chi connectivity index (χ3v) is 4.89. The molecule has 4 rings (SSSR count). The van der Waals surface area contributed by atoms with Gasteiger partial charge in [-0.3, -0.25) is 0 Å². The molecule has 2 heterocycles. The van der Waals surface area contributed by atoms with Crippen LogP contribution in [0.25, 0.3) is 5.57 Å². The highest BCUT2D eigenvalue weighted by atomic mass is 35.5. The number of rotatable bonds is 4. The van der Waals surface area contributed by atoms with Gasteiger partial charge in [-0.15, -0.1) is 0 Å². The van der Waals surface area contributed by atoms with Crippen molar-refractivity contribution in [3.05, 3.63) is 76.8 Å². The fourth-order valence-corrected chi connectivity index (χ4v) is 3.45. The molecule has 1 aliphatic heterocycles. The van der Waals surface area contributed by atoms with Gasteiger partial charge >= 0.3 is 0 Å². The summed E-state index contributed by atoms with van der Waals surface area (Å²) in [6.45, 7) is 0. The number of nitrogens with one attached hydrogen (secondary N) is 2. The van der Waals surface area contributed by atoms with Crippen molar-refractivity contribution in [1.29, 1.82) is 0 Å². The third-order valence-electron chi connectivity index (χ3n) is 4.64.